The molecule has 0 atom stereocenters. The predicted molar refractivity (Wildman–Crippen MR) is 169 cm³/mol. The highest BCUT2D eigenvalue weighted by Gasteiger charge is 2.16. The Morgan fingerprint density at radius 2 is 1.17 bits per heavy atom. The van der Waals surface area contributed by atoms with Crippen LogP contribution >= 0.6 is 68.4 Å². The number of hydrogen-bond donors (Lipinski definition) is 2. The minimum atomic E-state index is -1.36. The highest BCUT2D eigenvalue weighted by molar-refractivity contribution is 14.1. The number of halogens is 4. The largest absolute Gasteiger partial charge is 0.488 e. The van der Waals surface area contributed by atoms with E-state index in [1.165, 1.54) is 22.3 Å². The molecule has 0 amide bonds. The maximum atomic E-state index is 9.03. The number of aryl methyl sites for hydroxylation is 5. The first-order chi connectivity index (χ1) is 16.9. The second kappa shape index (κ2) is 14.6. The Labute approximate surface area is 250 Å². The number of aromatic nitrogens is 2. The van der Waals surface area contributed by atoms with Gasteiger partial charge in [-0.15, -0.1) is 0 Å². The Morgan fingerprint density at radius 3 is 1.56 bits per heavy atom. The summed E-state index contributed by atoms with van der Waals surface area (Å²) in [4.78, 5) is 7.96. The number of pyridine rings is 2. The third-order valence-corrected chi connectivity index (χ3v) is 6.91. The van der Waals surface area contributed by atoms with Crippen molar-refractivity contribution in [1.82, 2.24) is 9.97 Å². The molecular weight excluding hydrogens is 720 g/mol. The first-order valence-electron chi connectivity index (χ1n) is 11.0. The lowest BCUT2D eigenvalue weighted by atomic mass is 9.74. The molecule has 0 saturated carbocycles. The van der Waals surface area contributed by atoms with Gasteiger partial charge in [0.25, 0.3) is 0 Å². The molecule has 0 saturated heterocycles. The maximum Gasteiger partial charge on any atom is 0.488 e. The first-order valence-corrected chi connectivity index (χ1v) is 13.9. The predicted octanol–water partition coefficient (Wildman–Crippen LogP) is 7.25. The Hall–Kier alpha value is -1.24. The summed E-state index contributed by atoms with van der Waals surface area (Å²) < 4.78 is 2.22. The van der Waals surface area contributed by atoms with E-state index < -0.39 is 7.12 Å². The smallest absolute Gasteiger partial charge is 0.423 e. The monoisotopic (exact) mass is 746 g/mol. The zero-order valence-corrected chi connectivity index (χ0v) is 26.5. The number of benzene rings is 2. The minimum Gasteiger partial charge on any atom is -0.423 e. The first kappa shape index (κ1) is 31.0. The van der Waals surface area contributed by atoms with Crippen molar-refractivity contribution in [2.24, 2.45) is 0 Å². The normalized spacial score (nSPS) is 10.1. The van der Waals surface area contributed by atoms with Crippen LogP contribution < -0.4 is 5.46 Å². The fraction of sp³-hybridized carbons (Fsp3) is 0.185. The molecule has 2 heterocycles. The lowest BCUT2D eigenvalue weighted by Crippen LogP contribution is -2.34. The van der Waals surface area contributed by atoms with Gasteiger partial charge in [0.05, 0.1) is 0 Å². The minimum absolute atomic E-state index is 0.533. The van der Waals surface area contributed by atoms with Gasteiger partial charge in [0, 0.05) is 25.1 Å². The van der Waals surface area contributed by atoms with Gasteiger partial charge in [-0.3, -0.25) is 0 Å². The van der Waals surface area contributed by atoms with Crippen LogP contribution in [0.3, 0.4) is 0 Å². The van der Waals surface area contributed by atoms with Gasteiger partial charge in [0.15, 0.2) is 0 Å². The maximum absolute atomic E-state index is 9.03. The van der Waals surface area contributed by atoms with Crippen LogP contribution in [-0.2, 0) is 0 Å². The molecule has 188 valence electrons. The molecule has 0 spiro atoms. The summed E-state index contributed by atoms with van der Waals surface area (Å²) in [6, 6.07) is 15.8. The van der Waals surface area contributed by atoms with Crippen molar-refractivity contribution in [2.75, 3.05) is 0 Å². The van der Waals surface area contributed by atoms with Crippen LogP contribution in [0.4, 0.5) is 0 Å². The molecule has 0 aliphatic rings. The molecule has 0 aliphatic carbocycles. The summed E-state index contributed by atoms with van der Waals surface area (Å²) >= 11 is 15.7. The van der Waals surface area contributed by atoms with E-state index in [1.807, 2.05) is 50.4 Å². The lowest BCUT2D eigenvalue weighted by molar-refractivity contribution is 0.425. The third-order valence-electron chi connectivity index (χ3n) is 5.20. The SMILES string of the molecule is Cc1cc(C)c(-c2ccc(Cl)nc2)c(C)c1.Cc1cc(I)cc(C)c1B(O)O.Clc1ccc(I)cn1. The van der Waals surface area contributed by atoms with Crippen LogP contribution in [0.15, 0.2) is 60.9 Å². The number of rotatable bonds is 2. The second-order valence-corrected chi connectivity index (χ2v) is 11.5. The molecule has 4 aromatic rings. The van der Waals surface area contributed by atoms with Crippen molar-refractivity contribution in [3.8, 4) is 11.1 Å². The molecule has 0 radical (unpaired) electrons. The fourth-order valence-electron chi connectivity index (χ4n) is 3.85. The zero-order valence-electron chi connectivity index (χ0n) is 20.7. The summed E-state index contributed by atoms with van der Waals surface area (Å²) in [6.45, 7) is 10.1. The summed E-state index contributed by atoms with van der Waals surface area (Å²) in [5, 5.41) is 19.1. The molecule has 4 rings (SSSR count). The van der Waals surface area contributed by atoms with E-state index in [0.29, 0.717) is 15.8 Å². The van der Waals surface area contributed by atoms with Crippen LogP contribution in [0.25, 0.3) is 11.1 Å². The van der Waals surface area contributed by atoms with Crippen molar-refractivity contribution in [1.29, 1.82) is 0 Å². The van der Waals surface area contributed by atoms with Crippen molar-refractivity contribution < 1.29 is 10.0 Å². The van der Waals surface area contributed by atoms with Crippen LogP contribution in [0.1, 0.15) is 27.8 Å². The van der Waals surface area contributed by atoms with Gasteiger partial charge in [-0.25, -0.2) is 9.97 Å². The quantitative estimate of drug-likeness (QED) is 0.129. The Kier molecular flexibility index (Phi) is 12.6. The number of hydrogen-bond acceptors (Lipinski definition) is 4. The van der Waals surface area contributed by atoms with Crippen molar-refractivity contribution in [3.05, 3.63) is 106 Å². The van der Waals surface area contributed by atoms with E-state index in [-0.39, 0.29) is 0 Å². The van der Waals surface area contributed by atoms with Crippen molar-refractivity contribution in [2.45, 2.75) is 34.6 Å². The average Bonchev–Trinajstić information content (AvgIpc) is 2.76. The summed E-state index contributed by atoms with van der Waals surface area (Å²) in [6.07, 6.45) is 3.55. The van der Waals surface area contributed by atoms with Gasteiger partial charge in [-0.05, 0) is 138 Å². The number of nitrogens with zero attached hydrogens (tertiary/aromatic N) is 2. The van der Waals surface area contributed by atoms with E-state index in [2.05, 4.69) is 88.1 Å². The van der Waals surface area contributed by atoms with Crippen LogP contribution in [-0.4, -0.2) is 27.1 Å². The topological polar surface area (TPSA) is 66.2 Å². The van der Waals surface area contributed by atoms with E-state index in [1.54, 1.807) is 12.3 Å². The molecule has 0 unspecified atom stereocenters. The van der Waals surface area contributed by atoms with Crippen LogP contribution in [0.2, 0.25) is 10.3 Å². The van der Waals surface area contributed by atoms with Crippen LogP contribution in [0, 0.1) is 41.8 Å². The summed E-state index contributed by atoms with van der Waals surface area (Å²) in [7, 11) is -1.36. The van der Waals surface area contributed by atoms with E-state index in [0.717, 1.165) is 23.8 Å². The van der Waals surface area contributed by atoms with E-state index >= 15 is 0 Å². The highest BCUT2D eigenvalue weighted by atomic mass is 127. The fourth-order valence-corrected chi connectivity index (χ4v) is 5.32. The molecular formula is C27H27BCl2I2N2O2. The lowest BCUT2D eigenvalue weighted by Gasteiger charge is -2.11. The molecule has 2 aromatic carbocycles. The zero-order chi connectivity index (χ0) is 27.0. The second-order valence-electron chi connectivity index (χ2n) is 8.27. The molecule has 0 fully saturated rings. The van der Waals surface area contributed by atoms with Gasteiger partial charge in [-0.1, -0.05) is 52.0 Å². The van der Waals surface area contributed by atoms with Crippen LogP contribution in [0.5, 0.6) is 0 Å². The van der Waals surface area contributed by atoms with Gasteiger partial charge in [0.2, 0.25) is 0 Å². The highest BCUT2D eigenvalue weighted by Crippen LogP contribution is 2.28. The van der Waals surface area contributed by atoms with Gasteiger partial charge < -0.3 is 10.0 Å². The molecule has 9 heteroatoms. The van der Waals surface area contributed by atoms with E-state index in [9.17, 15) is 0 Å². The standard InChI is InChI=1S/C14H14ClN.C8H10BIO2.C5H3ClIN/c1-9-6-10(2)14(11(3)7-9)12-4-5-13(15)16-8-12;1-5-3-7(10)4-6(2)8(5)9(11)12;6-5-2-1-4(7)3-8-5/h4-8H,1-3H3;3-4,11-12H,1-2H3;1-3H. The van der Waals surface area contributed by atoms with Gasteiger partial charge in [0.1, 0.15) is 10.3 Å². The third kappa shape index (κ3) is 9.57. The molecule has 0 aliphatic heterocycles. The van der Waals surface area contributed by atoms with E-state index in [4.69, 9.17) is 33.2 Å². The summed E-state index contributed by atoms with van der Waals surface area (Å²) in [5.41, 5.74) is 8.71. The molecule has 36 heavy (non-hydrogen) atoms. The van der Waals surface area contributed by atoms with Crippen molar-refractivity contribution in [3.63, 3.8) is 0 Å². The summed E-state index contributed by atoms with van der Waals surface area (Å²) in [5.74, 6) is 0. The Balaban J connectivity index is 0.000000202. The molecule has 2 aromatic heterocycles. The average molecular weight is 747 g/mol. The Morgan fingerprint density at radius 1 is 0.667 bits per heavy atom. The molecule has 4 nitrogen and oxygen atoms in total. The van der Waals surface area contributed by atoms with Gasteiger partial charge >= 0.3 is 7.12 Å². The molecule has 0 bridgehead atoms. The van der Waals surface area contributed by atoms with Gasteiger partial charge in [-0.2, -0.15) is 0 Å². The Bertz CT molecular complexity index is 1240. The van der Waals surface area contributed by atoms with Crippen molar-refractivity contribution >= 4 is 81.0 Å². The molecule has 2 N–H and O–H groups in total.